The van der Waals surface area contributed by atoms with Gasteiger partial charge in [0.2, 0.25) is 0 Å². The Balaban J connectivity index is 1.34. The van der Waals surface area contributed by atoms with Crippen molar-refractivity contribution in [3.8, 4) is 0 Å². The molecule has 0 bridgehead atoms. The molecule has 0 atom stereocenters. The maximum atomic E-state index is 12.5. The maximum Gasteiger partial charge on any atom is 0.293 e. The van der Waals surface area contributed by atoms with Crippen molar-refractivity contribution in [1.82, 2.24) is 10.2 Å². The molecule has 6 heteroatoms. The monoisotopic (exact) mass is 392 g/mol. The molecule has 0 aromatic heterocycles. The van der Waals surface area contributed by atoms with Gasteiger partial charge in [0, 0.05) is 18.7 Å². The van der Waals surface area contributed by atoms with E-state index in [1.807, 2.05) is 48.5 Å². The summed E-state index contributed by atoms with van der Waals surface area (Å²) in [4.78, 5) is 38.6. The third kappa shape index (κ3) is 3.87. The number of nitrogens with one attached hydrogen (secondary N) is 1. The molecule has 1 aliphatic heterocycles. The van der Waals surface area contributed by atoms with Gasteiger partial charge >= 0.3 is 0 Å². The van der Waals surface area contributed by atoms with Gasteiger partial charge in [-0.1, -0.05) is 36.4 Å². The molecule has 1 fully saturated rings. The van der Waals surface area contributed by atoms with E-state index in [-0.39, 0.29) is 30.1 Å². The minimum atomic E-state index is -0.314. The number of hydrogen-bond acceptors (Lipinski definition) is 4. The van der Waals surface area contributed by atoms with Crippen LogP contribution in [0.3, 0.4) is 0 Å². The van der Waals surface area contributed by atoms with Gasteiger partial charge in [0.25, 0.3) is 17.1 Å². The first-order chi connectivity index (χ1) is 13.6. The van der Waals surface area contributed by atoms with E-state index < -0.39 is 0 Å². The van der Waals surface area contributed by atoms with E-state index in [1.54, 1.807) is 6.08 Å². The molecule has 28 heavy (non-hydrogen) atoms. The summed E-state index contributed by atoms with van der Waals surface area (Å²) in [6.07, 6.45) is 4.94. The SMILES string of the molecule is O=C(NCCN1C(=O)SC(=Cc2ccccc2)C1=O)c1ccc2c(c1)CCC2. The highest BCUT2D eigenvalue weighted by Crippen LogP contribution is 2.31. The van der Waals surface area contributed by atoms with Crippen molar-refractivity contribution in [3.05, 3.63) is 75.7 Å². The Kier molecular flexibility index (Phi) is 5.30. The molecule has 0 spiro atoms. The number of rotatable bonds is 5. The fraction of sp³-hybridized carbons (Fsp3) is 0.227. The minimum Gasteiger partial charge on any atom is -0.350 e. The van der Waals surface area contributed by atoms with Crippen molar-refractivity contribution in [3.63, 3.8) is 0 Å². The van der Waals surface area contributed by atoms with Gasteiger partial charge in [0.15, 0.2) is 0 Å². The molecule has 1 N–H and O–H groups in total. The number of aryl methyl sites for hydroxylation is 2. The van der Waals surface area contributed by atoms with Crippen molar-refractivity contribution in [2.24, 2.45) is 0 Å². The predicted octanol–water partition coefficient (Wildman–Crippen LogP) is 3.64. The maximum absolute atomic E-state index is 12.5. The molecular weight excluding hydrogens is 372 g/mol. The molecular formula is C22H20N2O3S. The van der Waals surface area contributed by atoms with Crippen molar-refractivity contribution in [2.75, 3.05) is 13.1 Å². The standard InChI is InChI=1S/C22H20N2O3S/c25-20(18-10-9-16-7-4-8-17(16)14-18)23-11-12-24-21(26)19(28-22(24)27)13-15-5-2-1-3-6-15/h1-3,5-6,9-10,13-14H,4,7-8,11-12H2,(H,23,25). The lowest BCUT2D eigenvalue weighted by Crippen LogP contribution is -2.37. The lowest BCUT2D eigenvalue weighted by atomic mass is 10.1. The summed E-state index contributed by atoms with van der Waals surface area (Å²) in [5.41, 5.74) is 4.06. The number of imide groups is 1. The number of amides is 3. The third-order valence-electron chi connectivity index (χ3n) is 4.95. The third-order valence-corrected chi connectivity index (χ3v) is 5.86. The summed E-state index contributed by atoms with van der Waals surface area (Å²) in [6.45, 7) is 0.389. The molecule has 0 unspecified atom stereocenters. The van der Waals surface area contributed by atoms with Gasteiger partial charge in [0.1, 0.15) is 0 Å². The van der Waals surface area contributed by atoms with Gasteiger partial charge in [-0.3, -0.25) is 19.3 Å². The van der Waals surface area contributed by atoms with Crippen molar-refractivity contribution in [2.45, 2.75) is 19.3 Å². The zero-order valence-corrected chi connectivity index (χ0v) is 16.1. The second-order valence-corrected chi connectivity index (χ2v) is 7.83. The summed E-state index contributed by atoms with van der Waals surface area (Å²) in [6, 6.07) is 15.2. The number of thioether (sulfide) groups is 1. The molecule has 4 rings (SSSR count). The van der Waals surface area contributed by atoms with Crippen molar-refractivity contribution in [1.29, 1.82) is 0 Å². The fourth-order valence-electron chi connectivity index (χ4n) is 3.49. The Labute approximate surface area is 167 Å². The molecule has 0 saturated carbocycles. The van der Waals surface area contributed by atoms with E-state index in [0.29, 0.717) is 10.5 Å². The van der Waals surface area contributed by atoms with E-state index in [1.165, 1.54) is 16.0 Å². The Hall–Kier alpha value is -2.86. The molecule has 2 aromatic rings. The van der Waals surface area contributed by atoms with Crippen LogP contribution < -0.4 is 5.32 Å². The quantitative estimate of drug-likeness (QED) is 0.789. The Morgan fingerprint density at radius 1 is 1.07 bits per heavy atom. The summed E-state index contributed by atoms with van der Waals surface area (Å²) in [5, 5.41) is 2.50. The first kappa shape index (κ1) is 18.5. The summed E-state index contributed by atoms with van der Waals surface area (Å²) in [7, 11) is 0. The lowest BCUT2D eigenvalue weighted by molar-refractivity contribution is -0.122. The molecule has 1 heterocycles. The van der Waals surface area contributed by atoms with Crippen LogP contribution in [0, 0.1) is 0 Å². The second kappa shape index (κ2) is 8.02. The van der Waals surface area contributed by atoms with Gasteiger partial charge in [-0.15, -0.1) is 0 Å². The average Bonchev–Trinajstić information content (AvgIpc) is 3.28. The number of carbonyl (C=O) groups is 3. The predicted molar refractivity (Wildman–Crippen MR) is 110 cm³/mol. The van der Waals surface area contributed by atoms with Crippen LogP contribution in [0.5, 0.6) is 0 Å². The zero-order chi connectivity index (χ0) is 19.5. The van der Waals surface area contributed by atoms with Crippen LogP contribution in [0.2, 0.25) is 0 Å². The van der Waals surface area contributed by atoms with E-state index >= 15 is 0 Å². The lowest BCUT2D eigenvalue weighted by Gasteiger charge is -2.13. The van der Waals surface area contributed by atoms with Gasteiger partial charge in [0.05, 0.1) is 4.91 Å². The first-order valence-corrected chi connectivity index (χ1v) is 10.1. The van der Waals surface area contributed by atoms with Gasteiger partial charge < -0.3 is 5.32 Å². The van der Waals surface area contributed by atoms with Crippen LogP contribution in [0.15, 0.2) is 53.4 Å². The largest absolute Gasteiger partial charge is 0.350 e. The number of fused-ring (bicyclic) bond motifs is 1. The highest BCUT2D eigenvalue weighted by Gasteiger charge is 2.34. The van der Waals surface area contributed by atoms with Crippen molar-refractivity contribution < 1.29 is 14.4 Å². The zero-order valence-electron chi connectivity index (χ0n) is 15.3. The minimum absolute atomic E-state index is 0.160. The van der Waals surface area contributed by atoms with E-state index in [0.717, 1.165) is 36.6 Å². The van der Waals surface area contributed by atoms with Crippen molar-refractivity contribution >= 4 is 34.9 Å². The molecule has 2 aliphatic rings. The number of carbonyl (C=O) groups excluding carboxylic acids is 3. The van der Waals surface area contributed by atoms with E-state index in [2.05, 4.69) is 5.32 Å². The summed E-state index contributed by atoms with van der Waals surface area (Å²) in [5.74, 6) is -0.493. The topological polar surface area (TPSA) is 66.5 Å². The summed E-state index contributed by atoms with van der Waals surface area (Å²) < 4.78 is 0. The molecule has 2 aromatic carbocycles. The molecule has 142 valence electrons. The Bertz CT molecular complexity index is 969. The highest BCUT2D eigenvalue weighted by atomic mass is 32.2. The van der Waals surface area contributed by atoms with Crippen LogP contribution >= 0.6 is 11.8 Å². The summed E-state index contributed by atoms with van der Waals surface area (Å²) >= 11 is 0.931. The number of benzene rings is 2. The van der Waals surface area contributed by atoms with Gasteiger partial charge in [-0.25, -0.2) is 0 Å². The first-order valence-electron chi connectivity index (χ1n) is 9.32. The molecule has 5 nitrogen and oxygen atoms in total. The van der Waals surface area contributed by atoms with Crippen LogP contribution in [0.1, 0.15) is 33.5 Å². The molecule has 3 amide bonds. The van der Waals surface area contributed by atoms with Gasteiger partial charge in [-0.05, 0) is 65.9 Å². The smallest absolute Gasteiger partial charge is 0.293 e. The number of hydrogen-bond donors (Lipinski definition) is 1. The van der Waals surface area contributed by atoms with Crippen LogP contribution in [-0.2, 0) is 17.6 Å². The average molecular weight is 392 g/mol. The normalized spacial score (nSPS) is 17.3. The highest BCUT2D eigenvalue weighted by molar-refractivity contribution is 8.18. The van der Waals surface area contributed by atoms with E-state index in [9.17, 15) is 14.4 Å². The van der Waals surface area contributed by atoms with Crippen LogP contribution in [0.25, 0.3) is 6.08 Å². The molecule has 0 radical (unpaired) electrons. The fourth-order valence-corrected chi connectivity index (χ4v) is 4.35. The molecule has 1 aliphatic carbocycles. The second-order valence-electron chi connectivity index (χ2n) is 6.84. The van der Waals surface area contributed by atoms with Gasteiger partial charge in [-0.2, -0.15) is 0 Å². The Morgan fingerprint density at radius 3 is 2.68 bits per heavy atom. The van der Waals surface area contributed by atoms with Crippen LogP contribution in [0.4, 0.5) is 4.79 Å². The Morgan fingerprint density at radius 2 is 1.86 bits per heavy atom. The van der Waals surface area contributed by atoms with E-state index in [4.69, 9.17) is 0 Å². The molecule has 1 saturated heterocycles. The van der Waals surface area contributed by atoms with Crippen LogP contribution in [-0.4, -0.2) is 35.0 Å². The number of nitrogens with zero attached hydrogens (tertiary/aromatic N) is 1.